The molecule has 1 aliphatic rings. The molecule has 0 spiro atoms. The zero-order valence-electron chi connectivity index (χ0n) is 15.6. The molecule has 142 valence electrons. The minimum absolute atomic E-state index is 0.254. The molecule has 0 saturated carbocycles. The molecule has 1 heterocycles. The quantitative estimate of drug-likeness (QED) is 0.658. The van der Waals surface area contributed by atoms with E-state index in [9.17, 15) is 12.8 Å². The molecule has 0 aromatic heterocycles. The second-order valence-corrected chi connectivity index (χ2v) is 9.02. The Morgan fingerprint density at radius 1 is 0.929 bits per heavy atom. The number of halogens is 1. The number of rotatable bonds is 4. The molecule has 4 nitrogen and oxygen atoms in total. The first-order valence-electron chi connectivity index (χ1n) is 8.84. The molecular weight excluding hydrogens is 375 g/mol. The summed E-state index contributed by atoms with van der Waals surface area (Å²) in [6, 6.07) is 19.3. The summed E-state index contributed by atoms with van der Waals surface area (Å²) in [5.74, 6) is -0.254. The molecule has 3 aromatic carbocycles. The number of nitrogens with zero attached hydrogens (tertiary/aromatic N) is 2. The first-order valence-corrected chi connectivity index (χ1v) is 10.3. The monoisotopic (exact) mass is 394 g/mol. The van der Waals surface area contributed by atoms with Gasteiger partial charge in [0.2, 0.25) is 10.0 Å². The van der Waals surface area contributed by atoms with Crippen molar-refractivity contribution in [3.05, 3.63) is 83.7 Å². The highest BCUT2D eigenvalue weighted by molar-refractivity contribution is 7.89. The van der Waals surface area contributed by atoms with E-state index >= 15 is 0 Å². The maximum absolute atomic E-state index is 14.0. The molecule has 0 amide bonds. The van der Waals surface area contributed by atoms with Gasteiger partial charge >= 0.3 is 0 Å². The lowest BCUT2D eigenvalue weighted by Gasteiger charge is -2.12. The molecule has 6 heteroatoms. The van der Waals surface area contributed by atoms with Gasteiger partial charge in [0.1, 0.15) is 5.82 Å². The van der Waals surface area contributed by atoms with E-state index in [1.807, 2.05) is 30.3 Å². The Hall–Kier alpha value is -2.83. The lowest BCUT2D eigenvalue weighted by Crippen LogP contribution is -2.22. The van der Waals surface area contributed by atoms with Gasteiger partial charge in [0, 0.05) is 26.1 Å². The van der Waals surface area contributed by atoms with E-state index in [1.165, 1.54) is 24.5 Å². The molecule has 0 N–H and O–H groups in total. The number of benzene rings is 3. The molecule has 0 aliphatic carbocycles. The molecule has 0 radical (unpaired) electrons. The summed E-state index contributed by atoms with van der Waals surface area (Å²) in [7, 11) is -0.443. The van der Waals surface area contributed by atoms with E-state index < -0.39 is 10.0 Å². The van der Waals surface area contributed by atoms with Gasteiger partial charge in [0.15, 0.2) is 0 Å². The summed E-state index contributed by atoms with van der Waals surface area (Å²) in [4.78, 5) is 4.91. The fourth-order valence-electron chi connectivity index (χ4n) is 3.25. The van der Waals surface area contributed by atoms with Gasteiger partial charge in [-0.05, 0) is 41.0 Å². The highest BCUT2D eigenvalue weighted by atomic mass is 32.2. The zero-order valence-corrected chi connectivity index (χ0v) is 16.4. The van der Waals surface area contributed by atoms with E-state index in [0.29, 0.717) is 12.0 Å². The van der Waals surface area contributed by atoms with Gasteiger partial charge in [-0.15, -0.1) is 0 Å². The minimum atomic E-state index is -3.47. The number of sulfonamides is 1. The smallest absolute Gasteiger partial charge is 0.242 e. The Bertz CT molecular complexity index is 1180. The highest BCUT2D eigenvalue weighted by Crippen LogP contribution is 2.32. The molecule has 0 fully saturated rings. The third-order valence-electron chi connectivity index (χ3n) is 4.85. The van der Waals surface area contributed by atoms with E-state index in [1.54, 1.807) is 30.3 Å². The topological polar surface area (TPSA) is 49.7 Å². The highest BCUT2D eigenvalue weighted by Gasteiger charge is 2.22. The van der Waals surface area contributed by atoms with Gasteiger partial charge in [-0.1, -0.05) is 42.5 Å². The van der Waals surface area contributed by atoms with Gasteiger partial charge in [0.25, 0.3) is 0 Å². The number of hydrogen-bond acceptors (Lipinski definition) is 3. The van der Waals surface area contributed by atoms with Gasteiger partial charge in [-0.3, -0.25) is 4.99 Å². The van der Waals surface area contributed by atoms with Crippen LogP contribution in [0.2, 0.25) is 0 Å². The number of fused-ring (bicyclic) bond motifs is 1. The first-order chi connectivity index (χ1) is 13.4. The Morgan fingerprint density at radius 2 is 1.61 bits per heavy atom. The summed E-state index contributed by atoms with van der Waals surface area (Å²) in [5, 5.41) is 0. The van der Waals surface area contributed by atoms with Crippen LogP contribution in [0.15, 0.2) is 76.6 Å². The lowest BCUT2D eigenvalue weighted by molar-refractivity contribution is 0.520. The Morgan fingerprint density at radius 3 is 2.29 bits per heavy atom. The van der Waals surface area contributed by atoms with Crippen LogP contribution in [-0.2, 0) is 16.4 Å². The Kier molecular flexibility index (Phi) is 4.61. The summed E-state index contributed by atoms with van der Waals surface area (Å²) < 4.78 is 39.9. The molecular formula is C22H19FN2O2S. The van der Waals surface area contributed by atoms with Crippen LogP contribution in [0.3, 0.4) is 0 Å². The van der Waals surface area contributed by atoms with Crippen LogP contribution in [0.25, 0.3) is 11.1 Å². The van der Waals surface area contributed by atoms with Crippen LogP contribution < -0.4 is 0 Å². The standard InChI is InChI=1S/C22H19FN2O2S/c1-25(2)28(26,27)18-11-12-21-17(13-18)14-22(24-21)16-9-7-15(8-10-16)19-5-3-4-6-20(19)23/h3-13H,14H2,1-2H3. The van der Waals surface area contributed by atoms with Gasteiger partial charge < -0.3 is 0 Å². The van der Waals surface area contributed by atoms with Crippen LogP contribution in [0.4, 0.5) is 10.1 Å². The van der Waals surface area contributed by atoms with Crippen LogP contribution >= 0.6 is 0 Å². The normalized spacial score (nSPS) is 13.5. The van der Waals surface area contributed by atoms with Gasteiger partial charge in [-0.2, -0.15) is 0 Å². The van der Waals surface area contributed by atoms with E-state index in [0.717, 1.165) is 28.1 Å². The van der Waals surface area contributed by atoms with Crippen molar-refractivity contribution in [2.75, 3.05) is 14.1 Å². The molecule has 1 aliphatic heterocycles. The SMILES string of the molecule is CN(C)S(=O)(=O)c1ccc2c(c1)CC(c1ccc(-c3ccccc3F)cc1)=N2. The maximum atomic E-state index is 14.0. The van der Waals surface area contributed by atoms with Crippen LogP contribution in [0, 0.1) is 5.82 Å². The van der Waals surface area contributed by atoms with Gasteiger partial charge in [0.05, 0.1) is 16.3 Å². The predicted molar refractivity (Wildman–Crippen MR) is 109 cm³/mol. The third kappa shape index (κ3) is 3.25. The predicted octanol–water partition coefficient (Wildman–Crippen LogP) is 4.42. The molecule has 0 unspecified atom stereocenters. The lowest BCUT2D eigenvalue weighted by atomic mass is 10.00. The summed E-state index contributed by atoms with van der Waals surface area (Å²) in [6.45, 7) is 0. The minimum Gasteiger partial charge on any atom is -0.252 e. The average molecular weight is 394 g/mol. The fourth-order valence-corrected chi connectivity index (χ4v) is 4.21. The van der Waals surface area contributed by atoms with Crippen molar-refractivity contribution in [3.8, 4) is 11.1 Å². The van der Waals surface area contributed by atoms with Crippen molar-refractivity contribution in [2.45, 2.75) is 11.3 Å². The maximum Gasteiger partial charge on any atom is 0.242 e. The molecule has 28 heavy (non-hydrogen) atoms. The second-order valence-electron chi connectivity index (χ2n) is 6.87. The van der Waals surface area contributed by atoms with Crippen molar-refractivity contribution < 1.29 is 12.8 Å². The molecule has 0 atom stereocenters. The summed E-state index contributed by atoms with van der Waals surface area (Å²) in [5.41, 5.74) is 4.84. The molecule has 4 rings (SSSR count). The first kappa shape index (κ1) is 18.5. The molecule has 0 bridgehead atoms. The van der Waals surface area contributed by atoms with Crippen molar-refractivity contribution in [1.29, 1.82) is 0 Å². The van der Waals surface area contributed by atoms with Crippen molar-refractivity contribution in [3.63, 3.8) is 0 Å². The average Bonchev–Trinajstić information content (AvgIpc) is 3.12. The molecule has 3 aromatic rings. The fraction of sp³-hybridized carbons (Fsp3) is 0.136. The largest absolute Gasteiger partial charge is 0.252 e. The van der Waals surface area contributed by atoms with Gasteiger partial charge in [-0.25, -0.2) is 17.1 Å². The van der Waals surface area contributed by atoms with Crippen LogP contribution in [-0.4, -0.2) is 32.5 Å². The van der Waals surface area contributed by atoms with Crippen LogP contribution in [0.5, 0.6) is 0 Å². The van der Waals surface area contributed by atoms with Crippen molar-refractivity contribution >= 4 is 21.4 Å². The van der Waals surface area contributed by atoms with E-state index in [2.05, 4.69) is 4.99 Å². The van der Waals surface area contributed by atoms with E-state index in [-0.39, 0.29) is 10.7 Å². The van der Waals surface area contributed by atoms with E-state index in [4.69, 9.17) is 0 Å². The van der Waals surface area contributed by atoms with Crippen molar-refractivity contribution in [2.24, 2.45) is 4.99 Å². The number of hydrogen-bond donors (Lipinski definition) is 0. The van der Waals surface area contributed by atoms with Crippen LogP contribution in [0.1, 0.15) is 11.1 Å². The zero-order chi connectivity index (χ0) is 19.9. The number of aliphatic imine (C=N–C) groups is 1. The Labute approximate surface area is 164 Å². The second kappa shape index (κ2) is 6.96. The Balaban J connectivity index is 1.61. The third-order valence-corrected chi connectivity index (χ3v) is 6.66. The van der Waals surface area contributed by atoms with Crippen molar-refractivity contribution in [1.82, 2.24) is 4.31 Å². The summed E-state index contributed by atoms with van der Waals surface area (Å²) in [6.07, 6.45) is 0.561. The molecule has 0 saturated heterocycles. The summed E-state index contributed by atoms with van der Waals surface area (Å²) >= 11 is 0.